The molecule has 0 saturated heterocycles. The van der Waals surface area contributed by atoms with E-state index in [4.69, 9.17) is 18.9 Å². The first-order valence-electron chi connectivity index (χ1n) is 18.0. The van der Waals surface area contributed by atoms with Gasteiger partial charge in [0.15, 0.2) is 5.78 Å². The first-order chi connectivity index (χ1) is 25.4. The third-order valence-electron chi connectivity index (χ3n) is 9.19. The van der Waals surface area contributed by atoms with Crippen molar-refractivity contribution in [3.8, 4) is 23.0 Å². The number of ether oxygens (including phenoxy) is 4. The lowest BCUT2D eigenvalue weighted by Gasteiger charge is -2.48. The van der Waals surface area contributed by atoms with Gasteiger partial charge in [0.1, 0.15) is 23.0 Å². The van der Waals surface area contributed by atoms with E-state index in [9.17, 15) is 24.0 Å². The van der Waals surface area contributed by atoms with Crippen LogP contribution >= 0.6 is 12.4 Å². The molecule has 290 valence electrons. The van der Waals surface area contributed by atoms with Crippen molar-refractivity contribution >= 4 is 42.1 Å². The zero-order chi connectivity index (χ0) is 39.3. The predicted octanol–water partition coefficient (Wildman–Crippen LogP) is 9.08. The number of hydrogen-bond acceptors (Lipinski definition) is 10. The number of carbonyl (C=O) groups excluding carboxylic acids is 5. The molecule has 1 saturated carbocycles. The van der Waals surface area contributed by atoms with Crippen LogP contribution in [0.2, 0.25) is 0 Å². The molecule has 10 nitrogen and oxygen atoms in total. The van der Waals surface area contributed by atoms with Gasteiger partial charge in [-0.2, -0.15) is 0 Å². The smallest absolute Gasteiger partial charge is 0.343 e. The van der Waals surface area contributed by atoms with Crippen molar-refractivity contribution in [2.45, 2.75) is 79.8 Å². The van der Waals surface area contributed by atoms with Gasteiger partial charge in [0.2, 0.25) is 0 Å². The highest BCUT2D eigenvalue weighted by Crippen LogP contribution is 2.38. The fourth-order valence-corrected chi connectivity index (χ4v) is 5.53. The Labute approximate surface area is 328 Å². The lowest BCUT2D eigenvalue weighted by Crippen LogP contribution is -2.52. The van der Waals surface area contributed by atoms with Crippen molar-refractivity contribution in [1.82, 2.24) is 4.90 Å². The van der Waals surface area contributed by atoms with Crippen LogP contribution in [0.3, 0.4) is 0 Å². The van der Waals surface area contributed by atoms with Crippen molar-refractivity contribution < 1.29 is 42.9 Å². The second-order valence-electron chi connectivity index (χ2n) is 15.9. The third-order valence-corrected chi connectivity index (χ3v) is 9.19. The molecule has 0 amide bonds. The molecule has 0 spiro atoms. The Balaban J connectivity index is 0.00000673. The molecule has 0 atom stereocenters. The molecule has 0 bridgehead atoms. The number of benzene rings is 4. The van der Waals surface area contributed by atoms with Gasteiger partial charge < -0.3 is 18.9 Å². The fourth-order valence-electron chi connectivity index (χ4n) is 5.53. The standard InChI is InChI=1S/C44H47NO9.ClH/c1-42(2,3)40(49)53-33-18-14-30(15-19-33)38(47)51-35-24-32(37(46)28-45(44(7)22-11-23-44)27-29-12-9-8-10-13-29)25-36(26-35)52-39(48)31-16-20-34(21-17-31)54-41(50)43(4,5)6;/h8-10,12-21,24-26H,11,22-23,27-28H2,1-7H3;1H. The van der Waals surface area contributed by atoms with Gasteiger partial charge in [0, 0.05) is 23.7 Å². The molecule has 5 rings (SSSR count). The third kappa shape index (κ3) is 11.3. The topological polar surface area (TPSA) is 126 Å². The number of carbonyl (C=O) groups is 5. The van der Waals surface area contributed by atoms with E-state index in [1.807, 2.05) is 30.3 Å². The van der Waals surface area contributed by atoms with Crippen LogP contribution in [0.5, 0.6) is 23.0 Å². The largest absolute Gasteiger partial charge is 0.426 e. The van der Waals surface area contributed by atoms with Crippen LogP contribution in [0.25, 0.3) is 0 Å². The minimum absolute atomic E-state index is 0. The molecule has 0 aromatic heterocycles. The van der Waals surface area contributed by atoms with Crippen molar-refractivity contribution in [3.05, 3.63) is 119 Å². The van der Waals surface area contributed by atoms with Crippen molar-refractivity contribution in [2.75, 3.05) is 6.54 Å². The van der Waals surface area contributed by atoms with Gasteiger partial charge in [0.25, 0.3) is 0 Å². The van der Waals surface area contributed by atoms with E-state index in [2.05, 4.69) is 11.8 Å². The van der Waals surface area contributed by atoms with Crippen molar-refractivity contribution in [2.24, 2.45) is 10.8 Å². The molecule has 11 heteroatoms. The molecule has 0 heterocycles. The average molecular weight is 770 g/mol. The van der Waals surface area contributed by atoms with Gasteiger partial charge in [-0.25, -0.2) is 9.59 Å². The van der Waals surface area contributed by atoms with Gasteiger partial charge >= 0.3 is 23.9 Å². The van der Waals surface area contributed by atoms with Crippen LogP contribution in [0.15, 0.2) is 97.1 Å². The van der Waals surface area contributed by atoms with Gasteiger partial charge in [0.05, 0.1) is 28.5 Å². The minimum Gasteiger partial charge on any atom is -0.426 e. The summed E-state index contributed by atoms with van der Waals surface area (Å²) < 4.78 is 22.2. The zero-order valence-corrected chi connectivity index (χ0v) is 33.1. The highest BCUT2D eigenvalue weighted by molar-refractivity contribution is 5.99. The normalized spacial score (nSPS) is 13.5. The van der Waals surface area contributed by atoms with E-state index in [1.54, 1.807) is 41.5 Å². The Morgan fingerprint density at radius 2 is 1.02 bits per heavy atom. The van der Waals surface area contributed by atoms with E-state index in [1.165, 1.54) is 66.7 Å². The van der Waals surface area contributed by atoms with Crippen LogP contribution in [-0.4, -0.2) is 46.6 Å². The van der Waals surface area contributed by atoms with Crippen LogP contribution in [0.4, 0.5) is 0 Å². The molecular formula is C44H48ClNO9. The fraction of sp³-hybridized carbons (Fsp3) is 0.341. The Morgan fingerprint density at radius 1 is 0.582 bits per heavy atom. The summed E-state index contributed by atoms with van der Waals surface area (Å²) in [5.74, 6) is -2.04. The molecule has 0 N–H and O–H groups in total. The maximum atomic E-state index is 14.0. The predicted molar refractivity (Wildman–Crippen MR) is 210 cm³/mol. The molecule has 0 unspecified atom stereocenters. The second-order valence-corrected chi connectivity index (χ2v) is 15.9. The quantitative estimate of drug-likeness (QED) is 0.0783. The highest BCUT2D eigenvalue weighted by atomic mass is 35.5. The highest BCUT2D eigenvalue weighted by Gasteiger charge is 2.39. The lowest BCUT2D eigenvalue weighted by molar-refractivity contribution is -0.143. The number of hydrogen-bond donors (Lipinski definition) is 0. The summed E-state index contributed by atoms with van der Waals surface area (Å²) in [5.41, 5.74) is 0.0256. The van der Waals surface area contributed by atoms with Gasteiger partial charge in [-0.05, 0) is 134 Å². The van der Waals surface area contributed by atoms with Crippen LogP contribution in [0.1, 0.15) is 104 Å². The SMILES string of the molecule is CC(C)(C)C(=O)Oc1ccc(C(=O)Oc2cc(OC(=O)c3ccc(OC(=O)C(C)(C)C)cc3)cc(C(=O)CN(Cc3ccccc3)C3(C)CCC3)c2)cc1.Cl. The Morgan fingerprint density at radius 3 is 1.40 bits per heavy atom. The maximum absolute atomic E-state index is 14.0. The molecule has 1 aliphatic carbocycles. The molecular weight excluding hydrogens is 722 g/mol. The first kappa shape index (κ1) is 42.4. The van der Waals surface area contributed by atoms with E-state index in [-0.39, 0.29) is 70.0 Å². The Hall–Kier alpha value is -5.32. The summed E-state index contributed by atoms with van der Waals surface area (Å²) >= 11 is 0. The summed E-state index contributed by atoms with van der Waals surface area (Å²) in [7, 11) is 0. The van der Waals surface area contributed by atoms with Crippen molar-refractivity contribution in [1.29, 1.82) is 0 Å². The second kappa shape index (κ2) is 17.4. The maximum Gasteiger partial charge on any atom is 0.343 e. The molecule has 0 radical (unpaired) electrons. The van der Waals surface area contributed by atoms with E-state index in [0.29, 0.717) is 6.54 Å². The molecule has 4 aromatic rings. The van der Waals surface area contributed by atoms with Crippen LogP contribution in [-0.2, 0) is 16.1 Å². The first-order valence-corrected chi connectivity index (χ1v) is 18.0. The van der Waals surface area contributed by atoms with E-state index in [0.717, 1.165) is 24.8 Å². The summed E-state index contributed by atoms with van der Waals surface area (Å²) in [6.45, 7) is 13.2. The van der Waals surface area contributed by atoms with E-state index < -0.39 is 34.7 Å². The number of esters is 4. The monoisotopic (exact) mass is 769 g/mol. The number of Topliss-reactive ketones (excluding diaryl/α,β-unsaturated/α-hetero) is 1. The lowest BCUT2D eigenvalue weighted by atomic mass is 9.76. The van der Waals surface area contributed by atoms with Crippen molar-refractivity contribution in [3.63, 3.8) is 0 Å². The number of halogens is 1. The van der Waals surface area contributed by atoms with E-state index >= 15 is 0 Å². The molecule has 0 aliphatic heterocycles. The number of nitrogens with zero attached hydrogens (tertiary/aromatic N) is 1. The molecule has 1 fully saturated rings. The molecule has 55 heavy (non-hydrogen) atoms. The Bertz CT molecular complexity index is 1900. The summed E-state index contributed by atoms with van der Waals surface area (Å²) in [6.07, 6.45) is 2.98. The summed E-state index contributed by atoms with van der Waals surface area (Å²) in [5, 5.41) is 0. The zero-order valence-electron chi connectivity index (χ0n) is 32.3. The summed E-state index contributed by atoms with van der Waals surface area (Å²) in [4.78, 5) is 67.4. The van der Waals surface area contributed by atoms with Crippen LogP contribution in [0, 0.1) is 10.8 Å². The Kier molecular flexibility index (Phi) is 13.4. The average Bonchev–Trinajstić information content (AvgIpc) is 3.10. The minimum atomic E-state index is -0.737. The van der Waals surface area contributed by atoms with Gasteiger partial charge in [-0.15, -0.1) is 12.4 Å². The van der Waals surface area contributed by atoms with Gasteiger partial charge in [-0.1, -0.05) is 30.3 Å². The summed E-state index contributed by atoms with van der Waals surface area (Å²) in [6, 6.07) is 26.0. The number of rotatable bonds is 12. The molecule has 4 aromatic carbocycles. The number of ketones is 1. The molecule has 1 aliphatic rings. The van der Waals surface area contributed by atoms with Crippen LogP contribution < -0.4 is 18.9 Å². The van der Waals surface area contributed by atoms with Gasteiger partial charge in [-0.3, -0.25) is 19.3 Å².